The van der Waals surface area contributed by atoms with Crippen molar-refractivity contribution >= 4 is 5.69 Å². The Morgan fingerprint density at radius 3 is 2.35 bits per heavy atom. The molecule has 0 amide bonds. The first-order valence-electron chi connectivity index (χ1n) is 6.31. The van der Waals surface area contributed by atoms with Gasteiger partial charge in [0.05, 0.1) is 0 Å². The molecule has 0 unspecified atom stereocenters. The van der Waals surface area contributed by atoms with E-state index in [1.165, 1.54) is 25.9 Å². The second-order valence-electron chi connectivity index (χ2n) is 5.36. The molecule has 17 heavy (non-hydrogen) atoms. The van der Waals surface area contributed by atoms with Crippen LogP contribution in [0.15, 0.2) is 24.3 Å². The number of ether oxygens (including phenoxy) is 1. The van der Waals surface area contributed by atoms with Gasteiger partial charge in [-0.15, -0.1) is 0 Å². The Labute approximate surface area is 104 Å². The molecule has 1 aromatic carbocycles. The van der Waals surface area contributed by atoms with Gasteiger partial charge in [0.25, 0.3) is 0 Å². The van der Waals surface area contributed by atoms with Gasteiger partial charge in [0.2, 0.25) is 0 Å². The zero-order valence-corrected chi connectivity index (χ0v) is 10.8. The number of benzene rings is 1. The van der Waals surface area contributed by atoms with Gasteiger partial charge < -0.3 is 10.5 Å². The summed E-state index contributed by atoms with van der Waals surface area (Å²) in [6, 6.07) is 7.60. The highest BCUT2D eigenvalue weighted by Crippen LogP contribution is 2.22. The summed E-state index contributed by atoms with van der Waals surface area (Å²) in [5.41, 5.74) is 6.53. The zero-order valence-electron chi connectivity index (χ0n) is 10.8. The lowest BCUT2D eigenvalue weighted by Gasteiger charge is -2.35. The molecule has 0 saturated carbocycles. The van der Waals surface area contributed by atoms with Crippen LogP contribution < -0.4 is 10.5 Å². The van der Waals surface area contributed by atoms with Crippen molar-refractivity contribution in [2.45, 2.75) is 32.2 Å². The van der Waals surface area contributed by atoms with Crippen LogP contribution in [0.2, 0.25) is 0 Å². The van der Waals surface area contributed by atoms with Crippen LogP contribution in [-0.4, -0.2) is 30.1 Å². The largest absolute Gasteiger partial charge is 0.492 e. The molecule has 0 aliphatic carbocycles. The molecule has 2 rings (SSSR count). The molecule has 0 spiro atoms. The molecule has 1 heterocycles. The third-order valence-corrected chi connectivity index (χ3v) is 3.43. The van der Waals surface area contributed by atoms with Crippen molar-refractivity contribution in [1.29, 1.82) is 0 Å². The number of nitrogen functional groups attached to an aromatic ring is 1. The van der Waals surface area contributed by atoms with E-state index in [0.717, 1.165) is 18.0 Å². The summed E-state index contributed by atoms with van der Waals surface area (Å²) in [5, 5.41) is 0. The van der Waals surface area contributed by atoms with E-state index in [-0.39, 0.29) is 5.54 Å². The summed E-state index contributed by atoms with van der Waals surface area (Å²) in [6.07, 6.45) is 2.62. The quantitative estimate of drug-likeness (QED) is 0.814. The molecular weight excluding hydrogens is 212 g/mol. The van der Waals surface area contributed by atoms with Crippen LogP contribution in [0.4, 0.5) is 5.69 Å². The summed E-state index contributed by atoms with van der Waals surface area (Å²) in [4.78, 5) is 2.50. The minimum absolute atomic E-state index is 0.109. The van der Waals surface area contributed by atoms with E-state index < -0.39 is 0 Å². The van der Waals surface area contributed by atoms with Crippen molar-refractivity contribution in [3.63, 3.8) is 0 Å². The molecule has 94 valence electrons. The van der Waals surface area contributed by atoms with E-state index in [1.807, 2.05) is 24.3 Å². The van der Waals surface area contributed by atoms with Crippen molar-refractivity contribution < 1.29 is 4.74 Å². The molecule has 1 aliphatic heterocycles. The lowest BCUT2D eigenvalue weighted by atomic mass is 10.1. The van der Waals surface area contributed by atoms with E-state index in [4.69, 9.17) is 10.5 Å². The van der Waals surface area contributed by atoms with E-state index >= 15 is 0 Å². The smallest absolute Gasteiger partial charge is 0.119 e. The third-order valence-electron chi connectivity index (χ3n) is 3.43. The maximum atomic E-state index is 5.84. The maximum Gasteiger partial charge on any atom is 0.119 e. The van der Waals surface area contributed by atoms with E-state index in [0.29, 0.717) is 0 Å². The normalized spacial score (nSPS) is 17.3. The molecule has 0 atom stereocenters. The van der Waals surface area contributed by atoms with Gasteiger partial charge in [-0.3, -0.25) is 4.90 Å². The van der Waals surface area contributed by atoms with Gasteiger partial charge in [-0.05, 0) is 64.0 Å². The molecule has 2 N–H and O–H groups in total. The molecule has 3 nitrogen and oxygen atoms in total. The minimum atomic E-state index is 0.109. The average Bonchev–Trinajstić information content (AvgIpc) is 2.82. The Kier molecular flexibility index (Phi) is 3.57. The average molecular weight is 234 g/mol. The van der Waals surface area contributed by atoms with Crippen molar-refractivity contribution in [2.24, 2.45) is 0 Å². The summed E-state index contributed by atoms with van der Waals surface area (Å²) < 4.78 is 5.84. The lowest BCUT2D eigenvalue weighted by molar-refractivity contribution is 0.0894. The molecule has 1 saturated heterocycles. The number of nitrogens with two attached hydrogens (primary N) is 1. The predicted octanol–water partition coefficient (Wildman–Crippen LogP) is 2.52. The molecule has 1 aliphatic rings. The number of hydrogen-bond acceptors (Lipinski definition) is 3. The van der Waals surface area contributed by atoms with Gasteiger partial charge in [-0.2, -0.15) is 0 Å². The first kappa shape index (κ1) is 12.2. The summed E-state index contributed by atoms with van der Waals surface area (Å²) in [6.45, 7) is 7.60. The highest BCUT2D eigenvalue weighted by molar-refractivity contribution is 5.41. The second-order valence-corrected chi connectivity index (χ2v) is 5.36. The predicted molar refractivity (Wildman–Crippen MR) is 71.2 cm³/mol. The van der Waals surface area contributed by atoms with Crippen LogP contribution in [0.1, 0.15) is 26.7 Å². The number of nitrogens with zero attached hydrogens (tertiary/aromatic N) is 1. The van der Waals surface area contributed by atoms with Gasteiger partial charge in [-0.25, -0.2) is 0 Å². The standard InChI is InChI=1S/C14H22N2O/c1-14(2,16-9-3-4-10-16)11-17-13-7-5-12(15)6-8-13/h5-8H,3-4,9-11,15H2,1-2H3. The Bertz CT molecular complexity index is 353. The highest BCUT2D eigenvalue weighted by atomic mass is 16.5. The van der Waals surface area contributed by atoms with E-state index in [9.17, 15) is 0 Å². The number of rotatable bonds is 4. The van der Waals surface area contributed by atoms with Crippen LogP contribution in [0.5, 0.6) is 5.75 Å². The van der Waals surface area contributed by atoms with Gasteiger partial charge in [-0.1, -0.05) is 0 Å². The van der Waals surface area contributed by atoms with E-state index in [1.54, 1.807) is 0 Å². The fourth-order valence-electron chi connectivity index (χ4n) is 2.24. The molecule has 3 heteroatoms. The molecular formula is C14H22N2O. The number of anilines is 1. The van der Waals surface area contributed by atoms with Crippen molar-refractivity contribution in [2.75, 3.05) is 25.4 Å². The monoisotopic (exact) mass is 234 g/mol. The maximum absolute atomic E-state index is 5.84. The Morgan fingerprint density at radius 2 is 1.76 bits per heavy atom. The van der Waals surface area contributed by atoms with Crippen molar-refractivity contribution in [1.82, 2.24) is 4.90 Å². The summed E-state index contributed by atoms with van der Waals surface area (Å²) >= 11 is 0. The topological polar surface area (TPSA) is 38.5 Å². The van der Waals surface area contributed by atoms with Gasteiger partial charge >= 0.3 is 0 Å². The fraction of sp³-hybridized carbons (Fsp3) is 0.571. The first-order chi connectivity index (χ1) is 8.08. The minimum Gasteiger partial charge on any atom is -0.492 e. The van der Waals surface area contributed by atoms with Gasteiger partial charge in [0.15, 0.2) is 0 Å². The van der Waals surface area contributed by atoms with Crippen LogP contribution in [0.3, 0.4) is 0 Å². The highest BCUT2D eigenvalue weighted by Gasteiger charge is 2.29. The van der Waals surface area contributed by atoms with Gasteiger partial charge in [0.1, 0.15) is 12.4 Å². The SMILES string of the molecule is CC(C)(COc1ccc(N)cc1)N1CCCC1. The van der Waals surface area contributed by atoms with Crippen LogP contribution >= 0.6 is 0 Å². The molecule has 1 fully saturated rings. The third kappa shape index (κ3) is 3.13. The van der Waals surface area contributed by atoms with E-state index in [2.05, 4.69) is 18.7 Å². The molecule has 0 aromatic heterocycles. The zero-order chi connectivity index (χ0) is 12.3. The number of hydrogen-bond donors (Lipinski definition) is 1. The van der Waals surface area contributed by atoms with Crippen LogP contribution in [0, 0.1) is 0 Å². The second kappa shape index (κ2) is 4.96. The molecule has 0 radical (unpaired) electrons. The Balaban J connectivity index is 1.90. The van der Waals surface area contributed by atoms with Crippen LogP contribution in [0.25, 0.3) is 0 Å². The Morgan fingerprint density at radius 1 is 1.18 bits per heavy atom. The summed E-state index contributed by atoms with van der Waals surface area (Å²) in [5.74, 6) is 0.895. The molecule has 0 bridgehead atoms. The molecule has 1 aromatic rings. The van der Waals surface area contributed by atoms with Crippen molar-refractivity contribution in [3.8, 4) is 5.75 Å². The van der Waals surface area contributed by atoms with Gasteiger partial charge in [0, 0.05) is 11.2 Å². The lowest BCUT2D eigenvalue weighted by Crippen LogP contribution is -2.46. The first-order valence-corrected chi connectivity index (χ1v) is 6.31. The fourth-order valence-corrected chi connectivity index (χ4v) is 2.24. The van der Waals surface area contributed by atoms with Crippen LogP contribution in [-0.2, 0) is 0 Å². The number of likely N-dealkylation sites (tertiary alicyclic amines) is 1. The van der Waals surface area contributed by atoms with Crippen molar-refractivity contribution in [3.05, 3.63) is 24.3 Å². The summed E-state index contributed by atoms with van der Waals surface area (Å²) in [7, 11) is 0. The Hall–Kier alpha value is -1.22.